The number of non-ortho nitro benzene ring substituents is 2. The second-order valence-electron chi connectivity index (χ2n) is 6.14. The lowest BCUT2D eigenvalue weighted by atomic mass is 10.2. The second kappa shape index (κ2) is 8.93. The Kier molecular flexibility index (Phi) is 6.15. The summed E-state index contributed by atoms with van der Waals surface area (Å²) < 4.78 is 10.8. The zero-order valence-corrected chi connectivity index (χ0v) is 15.2. The smallest absolute Gasteiger partial charge is 0.280 e. The molecule has 29 heavy (non-hydrogen) atoms. The predicted octanol–water partition coefficient (Wildman–Crippen LogP) is 3.17. The molecule has 2 aromatic carbocycles. The van der Waals surface area contributed by atoms with E-state index in [2.05, 4.69) is 0 Å². The first kappa shape index (κ1) is 20.0. The maximum Gasteiger partial charge on any atom is 0.280 e. The molecule has 0 aliphatic carbocycles. The van der Waals surface area contributed by atoms with Crippen molar-refractivity contribution in [3.8, 4) is 11.5 Å². The van der Waals surface area contributed by atoms with Crippen LogP contribution in [0.5, 0.6) is 11.5 Å². The van der Waals surface area contributed by atoms with Crippen LogP contribution in [0.15, 0.2) is 48.5 Å². The topological polar surface area (TPSA) is 125 Å². The van der Waals surface area contributed by atoms with Gasteiger partial charge in [0.25, 0.3) is 11.4 Å². The minimum atomic E-state index is -0.726. The van der Waals surface area contributed by atoms with E-state index in [1.165, 1.54) is 6.08 Å². The number of nitrogens with zero attached hydrogens (tertiary/aromatic N) is 3. The van der Waals surface area contributed by atoms with Crippen LogP contribution in [-0.2, 0) is 9.53 Å². The van der Waals surface area contributed by atoms with E-state index in [0.717, 1.165) is 18.2 Å². The van der Waals surface area contributed by atoms with Crippen LogP contribution in [0.2, 0.25) is 0 Å². The summed E-state index contributed by atoms with van der Waals surface area (Å²) in [5, 5.41) is 22.0. The van der Waals surface area contributed by atoms with Crippen LogP contribution in [0.1, 0.15) is 5.56 Å². The molecule has 1 fully saturated rings. The molecule has 10 heteroatoms. The van der Waals surface area contributed by atoms with Crippen molar-refractivity contribution >= 4 is 23.4 Å². The van der Waals surface area contributed by atoms with Crippen molar-refractivity contribution in [2.24, 2.45) is 0 Å². The van der Waals surface area contributed by atoms with Gasteiger partial charge in [0.15, 0.2) is 0 Å². The van der Waals surface area contributed by atoms with E-state index in [4.69, 9.17) is 9.47 Å². The zero-order chi connectivity index (χ0) is 20.8. The molecule has 1 aliphatic heterocycles. The molecule has 150 valence electrons. The molecule has 1 saturated heterocycles. The number of amides is 1. The van der Waals surface area contributed by atoms with Crippen LogP contribution in [0, 0.1) is 20.2 Å². The minimum Gasteiger partial charge on any atom is -0.457 e. The van der Waals surface area contributed by atoms with Crippen molar-refractivity contribution in [2.75, 3.05) is 26.3 Å². The molecule has 10 nitrogen and oxygen atoms in total. The molecule has 0 radical (unpaired) electrons. The summed E-state index contributed by atoms with van der Waals surface area (Å²) in [6.07, 6.45) is 3.07. The predicted molar refractivity (Wildman–Crippen MR) is 103 cm³/mol. The van der Waals surface area contributed by atoms with Crippen LogP contribution in [-0.4, -0.2) is 47.0 Å². The van der Waals surface area contributed by atoms with Crippen LogP contribution in [0.4, 0.5) is 11.4 Å². The van der Waals surface area contributed by atoms with Gasteiger partial charge in [-0.15, -0.1) is 0 Å². The average Bonchev–Trinajstić information content (AvgIpc) is 2.72. The molecule has 1 heterocycles. The largest absolute Gasteiger partial charge is 0.457 e. The number of ether oxygens (including phenoxy) is 2. The van der Waals surface area contributed by atoms with E-state index in [-0.39, 0.29) is 11.7 Å². The molecule has 0 aromatic heterocycles. The van der Waals surface area contributed by atoms with E-state index in [0.29, 0.717) is 37.6 Å². The number of carbonyl (C=O) groups excluding carboxylic acids is 1. The van der Waals surface area contributed by atoms with Crippen molar-refractivity contribution in [3.05, 3.63) is 74.3 Å². The highest BCUT2D eigenvalue weighted by Crippen LogP contribution is 2.31. The Morgan fingerprint density at radius 1 is 1.00 bits per heavy atom. The van der Waals surface area contributed by atoms with Gasteiger partial charge in [-0.3, -0.25) is 25.0 Å². The number of morpholine rings is 1. The normalized spacial score (nSPS) is 14.0. The number of rotatable bonds is 6. The first-order valence-electron chi connectivity index (χ1n) is 8.69. The van der Waals surface area contributed by atoms with Gasteiger partial charge >= 0.3 is 0 Å². The Morgan fingerprint density at radius 2 is 1.66 bits per heavy atom. The zero-order valence-electron chi connectivity index (χ0n) is 15.2. The summed E-state index contributed by atoms with van der Waals surface area (Å²) in [5.74, 6) is 0.158. The lowest BCUT2D eigenvalue weighted by Gasteiger charge is -2.25. The lowest BCUT2D eigenvalue weighted by molar-refractivity contribution is -0.394. The number of nitro groups is 2. The average molecular weight is 399 g/mol. The Labute approximate surface area is 165 Å². The van der Waals surface area contributed by atoms with Gasteiger partial charge in [0, 0.05) is 19.2 Å². The quantitative estimate of drug-likeness (QED) is 0.415. The van der Waals surface area contributed by atoms with Crippen LogP contribution in [0.3, 0.4) is 0 Å². The molecule has 0 atom stereocenters. The molecule has 0 bridgehead atoms. The van der Waals surface area contributed by atoms with Gasteiger partial charge in [-0.2, -0.15) is 0 Å². The fraction of sp³-hybridized carbons (Fsp3) is 0.211. The van der Waals surface area contributed by atoms with Gasteiger partial charge < -0.3 is 14.4 Å². The van der Waals surface area contributed by atoms with Crippen molar-refractivity contribution in [1.29, 1.82) is 0 Å². The summed E-state index contributed by atoms with van der Waals surface area (Å²) in [6.45, 7) is 2.10. The monoisotopic (exact) mass is 399 g/mol. The number of carbonyl (C=O) groups is 1. The minimum absolute atomic E-state index is 0.0311. The Balaban J connectivity index is 1.76. The van der Waals surface area contributed by atoms with Gasteiger partial charge in [-0.1, -0.05) is 12.1 Å². The molecule has 0 N–H and O–H groups in total. The number of nitro benzene ring substituents is 2. The van der Waals surface area contributed by atoms with Crippen LogP contribution < -0.4 is 4.74 Å². The third kappa shape index (κ3) is 5.36. The van der Waals surface area contributed by atoms with E-state index in [9.17, 15) is 25.0 Å². The fourth-order valence-electron chi connectivity index (χ4n) is 2.71. The maximum atomic E-state index is 12.2. The summed E-state index contributed by atoms with van der Waals surface area (Å²) >= 11 is 0. The Bertz CT molecular complexity index is 936. The highest BCUT2D eigenvalue weighted by molar-refractivity contribution is 5.91. The van der Waals surface area contributed by atoms with Crippen LogP contribution in [0.25, 0.3) is 6.08 Å². The molecule has 0 saturated carbocycles. The van der Waals surface area contributed by atoms with Gasteiger partial charge in [0.05, 0.1) is 41.3 Å². The standard InChI is InChI=1S/C19H17N3O7/c23-19(20-6-8-28-9-7-20)5-4-14-2-1-3-17(10-14)29-18-12-15(21(24)25)11-16(13-18)22(26)27/h1-5,10-13H,6-9H2. The molecule has 1 amide bonds. The van der Waals surface area contributed by atoms with E-state index < -0.39 is 21.2 Å². The van der Waals surface area contributed by atoms with Gasteiger partial charge in [0.1, 0.15) is 11.5 Å². The summed E-state index contributed by atoms with van der Waals surface area (Å²) in [5.41, 5.74) is -0.216. The highest BCUT2D eigenvalue weighted by Gasteiger charge is 2.18. The highest BCUT2D eigenvalue weighted by atomic mass is 16.6. The van der Waals surface area contributed by atoms with E-state index >= 15 is 0 Å². The molecular weight excluding hydrogens is 382 g/mol. The van der Waals surface area contributed by atoms with Gasteiger partial charge in [-0.05, 0) is 23.8 Å². The third-order valence-corrected chi connectivity index (χ3v) is 4.13. The van der Waals surface area contributed by atoms with Gasteiger partial charge in [0.2, 0.25) is 5.91 Å². The SMILES string of the molecule is O=C(C=Cc1cccc(Oc2cc([N+](=O)[O-])cc([N+](=O)[O-])c2)c1)N1CCOCC1. The van der Waals surface area contributed by atoms with Crippen molar-refractivity contribution < 1.29 is 24.1 Å². The maximum absolute atomic E-state index is 12.2. The molecule has 2 aromatic rings. The molecular formula is C19H17N3O7. The van der Waals surface area contributed by atoms with Crippen molar-refractivity contribution in [3.63, 3.8) is 0 Å². The number of benzene rings is 2. The summed E-state index contributed by atoms with van der Waals surface area (Å²) in [6, 6.07) is 9.74. The first-order chi connectivity index (χ1) is 13.9. The fourth-order valence-corrected chi connectivity index (χ4v) is 2.71. The van der Waals surface area contributed by atoms with E-state index in [1.807, 2.05) is 0 Å². The molecule has 1 aliphatic rings. The van der Waals surface area contributed by atoms with Gasteiger partial charge in [-0.25, -0.2) is 0 Å². The number of hydrogen-bond acceptors (Lipinski definition) is 7. The lowest BCUT2D eigenvalue weighted by Crippen LogP contribution is -2.39. The van der Waals surface area contributed by atoms with Crippen molar-refractivity contribution in [2.45, 2.75) is 0 Å². The molecule has 0 spiro atoms. The Hall–Kier alpha value is -3.79. The molecule has 3 rings (SSSR count). The summed E-state index contributed by atoms with van der Waals surface area (Å²) in [7, 11) is 0. The van der Waals surface area contributed by atoms with E-state index in [1.54, 1.807) is 35.2 Å². The Morgan fingerprint density at radius 3 is 2.28 bits per heavy atom. The number of hydrogen-bond donors (Lipinski definition) is 0. The molecule has 0 unspecified atom stereocenters. The second-order valence-corrected chi connectivity index (χ2v) is 6.14. The van der Waals surface area contributed by atoms with Crippen molar-refractivity contribution in [1.82, 2.24) is 4.90 Å². The summed E-state index contributed by atoms with van der Waals surface area (Å²) in [4.78, 5) is 34.4. The first-order valence-corrected chi connectivity index (χ1v) is 8.69. The van der Waals surface area contributed by atoms with Crippen LogP contribution >= 0.6 is 0 Å². The third-order valence-electron chi connectivity index (χ3n) is 4.13.